The summed E-state index contributed by atoms with van der Waals surface area (Å²) in [4.78, 5) is 24.8. The Morgan fingerprint density at radius 3 is 2.77 bits per heavy atom. The molecule has 1 rings (SSSR count). The Bertz CT molecular complexity index is 280. The van der Waals surface area contributed by atoms with Crippen molar-refractivity contribution < 1.29 is 19.4 Å². The van der Waals surface area contributed by atoms with Crippen LogP contribution in [0.3, 0.4) is 0 Å². The van der Waals surface area contributed by atoms with Crippen molar-refractivity contribution in [3.63, 3.8) is 0 Å². The molecule has 0 radical (unpaired) electrons. The quantitative estimate of drug-likeness (QED) is 0.495. The highest BCUT2D eigenvalue weighted by atomic mass is 16.5. The third-order valence-corrected chi connectivity index (χ3v) is 1.42. The lowest BCUT2D eigenvalue weighted by Crippen LogP contribution is -2.07. The summed E-state index contributed by atoms with van der Waals surface area (Å²) in [7, 11) is 0. The van der Waals surface area contributed by atoms with Gasteiger partial charge in [0, 0.05) is 25.1 Å². The molecular formula is C8H9NO4. The first kappa shape index (κ1) is 9.44. The van der Waals surface area contributed by atoms with Crippen LogP contribution in [0.2, 0.25) is 0 Å². The van der Waals surface area contributed by atoms with Crippen LogP contribution in [-0.4, -0.2) is 29.5 Å². The van der Waals surface area contributed by atoms with E-state index in [1.807, 2.05) is 0 Å². The van der Waals surface area contributed by atoms with E-state index < -0.39 is 11.9 Å². The number of carbonyl (C=O) groups excluding carboxylic acids is 1. The molecule has 0 bridgehead atoms. The van der Waals surface area contributed by atoms with Crippen LogP contribution in [0.4, 0.5) is 0 Å². The fourth-order valence-electron chi connectivity index (χ4n) is 0.886. The smallest absolute Gasteiger partial charge is 0.337 e. The molecule has 1 heterocycles. The summed E-state index contributed by atoms with van der Waals surface area (Å²) in [5, 5.41) is 8.20. The lowest BCUT2D eigenvalue weighted by atomic mass is 10.4. The number of hydrogen-bond acceptors (Lipinski definition) is 4. The zero-order chi connectivity index (χ0) is 9.68. The van der Waals surface area contributed by atoms with Crippen LogP contribution in [0.15, 0.2) is 17.1 Å². The Labute approximate surface area is 74.7 Å². The molecule has 0 aromatic carbocycles. The number of aliphatic carboxylic acids is 1. The molecule has 0 aromatic heterocycles. The minimum absolute atomic E-state index is 0.389. The third kappa shape index (κ3) is 3.50. The van der Waals surface area contributed by atoms with Gasteiger partial charge in [0.05, 0.1) is 0 Å². The fourth-order valence-corrected chi connectivity index (χ4v) is 0.886. The molecule has 0 atom stereocenters. The van der Waals surface area contributed by atoms with Gasteiger partial charge in [-0.05, 0) is 6.42 Å². The van der Waals surface area contributed by atoms with E-state index in [9.17, 15) is 9.59 Å². The van der Waals surface area contributed by atoms with Gasteiger partial charge in [-0.3, -0.25) is 4.99 Å². The molecule has 0 aliphatic carbocycles. The predicted molar refractivity (Wildman–Crippen MR) is 44.4 cm³/mol. The molecule has 1 aliphatic heterocycles. The first-order valence-electron chi connectivity index (χ1n) is 3.84. The molecule has 1 N–H and O–H groups in total. The molecule has 0 aromatic rings. The van der Waals surface area contributed by atoms with Crippen molar-refractivity contribution in [1.82, 2.24) is 0 Å². The van der Waals surface area contributed by atoms with E-state index in [4.69, 9.17) is 9.84 Å². The first-order chi connectivity index (χ1) is 6.18. The SMILES string of the molecule is O=C(O)/C=C\C(=O)OC1=NCCC1. The van der Waals surface area contributed by atoms with Gasteiger partial charge in [0.25, 0.3) is 0 Å². The molecule has 0 unspecified atom stereocenters. The summed E-state index contributed by atoms with van der Waals surface area (Å²) in [6.45, 7) is 0.672. The largest absolute Gasteiger partial charge is 0.478 e. The van der Waals surface area contributed by atoms with E-state index >= 15 is 0 Å². The fraction of sp³-hybridized carbons (Fsp3) is 0.375. The van der Waals surface area contributed by atoms with Crippen molar-refractivity contribution in [2.45, 2.75) is 12.8 Å². The Balaban J connectivity index is 2.36. The summed E-state index contributed by atoms with van der Waals surface area (Å²) in [5.41, 5.74) is 0. The van der Waals surface area contributed by atoms with Gasteiger partial charge in [-0.1, -0.05) is 0 Å². The first-order valence-corrected chi connectivity index (χ1v) is 3.84. The second-order valence-corrected chi connectivity index (χ2v) is 2.47. The molecule has 1 aliphatic rings. The highest BCUT2D eigenvalue weighted by Crippen LogP contribution is 2.04. The zero-order valence-electron chi connectivity index (χ0n) is 6.90. The Morgan fingerprint density at radius 1 is 1.46 bits per heavy atom. The third-order valence-electron chi connectivity index (χ3n) is 1.42. The van der Waals surface area contributed by atoms with E-state index in [1.165, 1.54) is 0 Å². The van der Waals surface area contributed by atoms with Gasteiger partial charge in [-0.2, -0.15) is 0 Å². The van der Waals surface area contributed by atoms with E-state index in [-0.39, 0.29) is 0 Å². The zero-order valence-corrected chi connectivity index (χ0v) is 6.90. The number of nitrogens with zero attached hydrogens (tertiary/aromatic N) is 1. The minimum atomic E-state index is -1.18. The maximum Gasteiger partial charge on any atom is 0.337 e. The van der Waals surface area contributed by atoms with E-state index in [0.717, 1.165) is 18.6 Å². The van der Waals surface area contributed by atoms with Gasteiger partial charge < -0.3 is 9.84 Å². The molecule has 0 amide bonds. The second-order valence-electron chi connectivity index (χ2n) is 2.47. The molecule has 70 valence electrons. The summed E-state index contributed by atoms with van der Waals surface area (Å²) in [5.74, 6) is -1.48. The number of esters is 1. The minimum Gasteiger partial charge on any atom is -0.478 e. The lowest BCUT2D eigenvalue weighted by molar-refractivity contribution is -0.133. The Morgan fingerprint density at radius 2 is 2.23 bits per heavy atom. The molecule has 5 heteroatoms. The van der Waals surface area contributed by atoms with Crippen molar-refractivity contribution >= 4 is 17.8 Å². The number of carbonyl (C=O) groups is 2. The Hall–Kier alpha value is -1.65. The van der Waals surface area contributed by atoms with E-state index in [2.05, 4.69) is 4.99 Å². The molecule has 0 fully saturated rings. The summed E-state index contributed by atoms with van der Waals surface area (Å²) in [6, 6.07) is 0. The summed E-state index contributed by atoms with van der Waals surface area (Å²) < 4.78 is 4.72. The standard InChI is InChI=1S/C8H9NO4/c10-7(11)3-4-8(12)13-6-2-1-5-9-6/h3-4H,1-2,5H2,(H,10,11)/b4-3-. The van der Waals surface area contributed by atoms with Crippen molar-refractivity contribution in [3.8, 4) is 0 Å². The van der Waals surface area contributed by atoms with Crippen LogP contribution in [0.1, 0.15) is 12.8 Å². The Kier molecular flexibility index (Phi) is 3.19. The van der Waals surface area contributed by atoms with Gasteiger partial charge in [-0.15, -0.1) is 0 Å². The van der Waals surface area contributed by atoms with Gasteiger partial charge in [0.2, 0.25) is 0 Å². The maximum absolute atomic E-state index is 10.9. The summed E-state index contributed by atoms with van der Waals surface area (Å²) >= 11 is 0. The van der Waals surface area contributed by atoms with Crippen LogP contribution < -0.4 is 0 Å². The number of aliphatic imine (C=N–C) groups is 1. The average Bonchev–Trinajstić information content (AvgIpc) is 2.53. The molecular weight excluding hydrogens is 174 g/mol. The van der Waals surface area contributed by atoms with Gasteiger partial charge in [0.15, 0.2) is 5.90 Å². The highest BCUT2D eigenvalue weighted by molar-refractivity contribution is 5.97. The van der Waals surface area contributed by atoms with Crippen LogP contribution >= 0.6 is 0 Å². The van der Waals surface area contributed by atoms with E-state index in [0.29, 0.717) is 18.9 Å². The molecule has 5 nitrogen and oxygen atoms in total. The van der Waals surface area contributed by atoms with Crippen LogP contribution in [0, 0.1) is 0 Å². The molecule has 0 saturated carbocycles. The number of carboxylic acids is 1. The lowest BCUT2D eigenvalue weighted by Gasteiger charge is -1.97. The van der Waals surface area contributed by atoms with Crippen molar-refractivity contribution in [1.29, 1.82) is 0 Å². The number of hydrogen-bond donors (Lipinski definition) is 1. The van der Waals surface area contributed by atoms with Crippen LogP contribution in [0.25, 0.3) is 0 Å². The second kappa shape index (κ2) is 4.39. The number of ether oxygens (including phenoxy) is 1. The van der Waals surface area contributed by atoms with Crippen molar-refractivity contribution in [2.24, 2.45) is 4.99 Å². The monoisotopic (exact) mass is 183 g/mol. The van der Waals surface area contributed by atoms with Crippen molar-refractivity contribution in [2.75, 3.05) is 6.54 Å². The van der Waals surface area contributed by atoms with Crippen molar-refractivity contribution in [3.05, 3.63) is 12.2 Å². The van der Waals surface area contributed by atoms with Crippen LogP contribution in [-0.2, 0) is 14.3 Å². The highest BCUT2D eigenvalue weighted by Gasteiger charge is 2.10. The molecule has 0 spiro atoms. The van der Waals surface area contributed by atoms with Crippen LogP contribution in [0.5, 0.6) is 0 Å². The van der Waals surface area contributed by atoms with Gasteiger partial charge in [0.1, 0.15) is 0 Å². The van der Waals surface area contributed by atoms with Gasteiger partial charge in [-0.25, -0.2) is 9.59 Å². The molecule has 0 saturated heterocycles. The summed E-state index contributed by atoms with van der Waals surface area (Å²) in [6.07, 6.45) is 3.12. The average molecular weight is 183 g/mol. The van der Waals surface area contributed by atoms with Gasteiger partial charge >= 0.3 is 11.9 Å². The number of rotatable bonds is 2. The normalized spacial score (nSPS) is 15.8. The predicted octanol–water partition coefficient (Wildman–Crippen LogP) is 0.363. The molecule has 13 heavy (non-hydrogen) atoms. The topological polar surface area (TPSA) is 76.0 Å². The maximum atomic E-state index is 10.9. The van der Waals surface area contributed by atoms with E-state index in [1.54, 1.807) is 0 Å². The number of carboxylic acid groups (broad SMARTS) is 1.